The van der Waals surface area contributed by atoms with Gasteiger partial charge in [-0.1, -0.05) is 20.3 Å². The van der Waals surface area contributed by atoms with Crippen LogP contribution in [-0.2, 0) is 9.53 Å². The Morgan fingerprint density at radius 1 is 1.47 bits per heavy atom. The summed E-state index contributed by atoms with van der Waals surface area (Å²) in [6.07, 6.45) is 4.42. The molecule has 1 aliphatic rings. The zero-order valence-corrected chi connectivity index (χ0v) is 11.4. The fraction of sp³-hybridized carbons (Fsp3) is 0.923. The molecule has 17 heavy (non-hydrogen) atoms. The molecule has 1 saturated carbocycles. The molecule has 1 unspecified atom stereocenters. The monoisotopic (exact) mass is 242 g/mol. The molecule has 0 aromatic rings. The van der Waals surface area contributed by atoms with Crippen molar-refractivity contribution in [3.05, 3.63) is 0 Å². The first kappa shape index (κ1) is 14.5. The summed E-state index contributed by atoms with van der Waals surface area (Å²) in [4.78, 5) is 14.1. The van der Waals surface area contributed by atoms with Gasteiger partial charge in [0.2, 0.25) is 0 Å². The molecule has 100 valence electrons. The maximum absolute atomic E-state index is 11.9. The van der Waals surface area contributed by atoms with Crippen molar-refractivity contribution < 1.29 is 9.53 Å². The van der Waals surface area contributed by atoms with Crippen LogP contribution in [0.3, 0.4) is 0 Å². The van der Waals surface area contributed by atoms with E-state index in [9.17, 15) is 4.79 Å². The number of rotatable bonds is 8. The molecule has 2 N–H and O–H groups in total. The molecule has 0 heterocycles. The Morgan fingerprint density at radius 2 is 2.12 bits per heavy atom. The van der Waals surface area contributed by atoms with E-state index in [4.69, 9.17) is 10.5 Å². The standard InChI is InChI=1S/C13H26N2O2/c1-4-6-9-15(5-2)10-13(14,11-7-8-11)12(16)17-3/h11H,4-10,14H2,1-3H3. The van der Waals surface area contributed by atoms with Crippen molar-refractivity contribution in [2.45, 2.75) is 45.1 Å². The molecule has 1 rings (SSSR count). The topological polar surface area (TPSA) is 55.6 Å². The molecule has 0 bridgehead atoms. The number of unbranched alkanes of at least 4 members (excludes halogenated alkanes) is 1. The van der Waals surface area contributed by atoms with Gasteiger partial charge < -0.3 is 15.4 Å². The molecule has 0 amide bonds. The van der Waals surface area contributed by atoms with Crippen LogP contribution in [0.2, 0.25) is 0 Å². The lowest BCUT2D eigenvalue weighted by atomic mass is 9.93. The van der Waals surface area contributed by atoms with E-state index in [1.54, 1.807) is 0 Å². The summed E-state index contributed by atoms with van der Waals surface area (Å²) >= 11 is 0. The van der Waals surface area contributed by atoms with E-state index in [1.807, 2.05) is 0 Å². The van der Waals surface area contributed by atoms with Crippen molar-refractivity contribution in [1.29, 1.82) is 0 Å². The summed E-state index contributed by atoms with van der Waals surface area (Å²) < 4.78 is 4.88. The molecule has 0 saturated heterocycles. The second kappa shape index (κ2) is 6.36. The van der Waals surface area contributed by atoms with Gasteiger partial charge in [-0.15, -0.1) is 0 Å². The predicted octanol–water partition coefficient (Wildman–Crippen LogP) is 1.39. The molecular weight excluding hydrogens is 216 g/mol. The van der Waals surface area contributed by atoms with Crippen molar-refractivity contribution in [3.8, 4) is 0 Å². The molecule has 4 heteroatoms. The number of nitrogens with two attached hydrogens (primary N) is 1. The second-order valence-electron chi connectivity index (χ2n) is 5.03. The van der Waals surface area contributed by atoms with Crippen LogP contribution in [0.15, 0.2) is 0 Å². The summed E-state index contributed by atoms with van der Waals surface area (Å²) in [5.74, 6) is 0.0561. The van der Waals surface area contributed by atoms with E-state index in [0.29, 0.717) is 12.5 Å². The minimum atomic E-state index is -0.793. The van der Waals surface area contributed by atoms with Gasteiger partial charge in [0.1, 0.15) is 5.54 Å². The molecule has 0 spiro atoms. The number of likely N-dealkylation sites (N-methyl/N-ethyl adjacent to an activating group) is 1. The Labute approximate surface area is 104 Å². The number of methoxy groups -OCH3 is 1. The molecule has 0 aromatic carbocycles. The van der Waals surface area contributed by atoms with Gasteiger partial charge in [0.25, 0.3) is 0 Å². The van der Waals surface area contributed by atoms with Crippen molar-refractivity contribution in [2.75, 3.05) is 26.7 Å². The predicted molar refractivity (Wildman–Crippen MR) is 68.7 cm³/mol. The van der Waals surface area contributed by atoms with Gasteiger partial charge in [0.15, 0.2) is 0 Å². The highest BCUT2D eigenvalue weighted by Gasteiger charge is 2.49. The first-order chi connectivity index (χ1) is 8.08. The van der Waals surface area contributed by atoms with Crippen LogP contribution in [-0.4, -0.2) is 43.2 Å². The highest BCUT2D eigenvalue weighted by Crippen LogP contribution is 2.39. The second-order valence-corrected chi connectivity index (χ2v) is 5.03. The van der Waals surface area contributed by atoms with Gasteiger partial charge in [-0.2, -0.15) is 0 Å². The lowest BCUT2D eigenvalue weighted by Crippen LogP contribution is -2.58. The maximum Gasteiger partial charge on any atom is 0.327 e. The minimum Gasteiger partial charge on any atom is -0.468 e. The normalized spacial score (nSPS) is 19.1. The van der Waals surface area contributed by atoms with Gasteiger partial charge in [-0.25, -0.2) is 0 Å². The Kier molecular flexibility index (Phi) is 5.40. The lowest BCUT2D eigenvalue weighted by Gasteiger charge is -2.32. The Morgan fingerprint density at radius 3 is 2.53 bits per heavy atom. The summed E-state index contributed by atoms with van der Waals surface area (Å²) in [7, 11) is 1.43. The molecule has 1 fully saturated rings. The third-order valence-corrected chi connectivity index (χ3v) is 3.63. The van der Waals surface area contributed by atoms with E-state index in [-0.39, 0.29) is 5.97 Å². The fourth-order valence-electron chi connectivity index (χ4n) is 2.25. The molecule has 0 aliphatic heterocycles. The third kappa shape index (κ3) is 3.68. The number of nitrogens with zero attached hydrogens (tertiary/aromatic N) is 1. The summed E-state index contributed by atoms with van der Waals surface area (Å²) in [5, 5.41) is 0. The zero-order valence-electron chi connectivity index (χ0n) is 11.4. The summed E-state index contributed by atoms with van der Waals surface area (Å²) in [6.45, 7) is 6.85. The Balaban J connectivity index is 2.61. The molecule has 4 nitrogen and oxygen atoms in total. The van der Waals surface area contributed by atoms with E-state index in [1.165, 1.54) is 7.11 Å². The van der Waals surface area contributed by atoms with Crippen molar-refractivity contribution >= 4 is 5.97 Å². The first-order valence-electron chi connectivity index (χ1n) is 6.68. The van der Waals surface area contributed by atoms with Crippen LogP contribution in [0, 0.1) is 5.92 Å². The van der Waals surface area contributed by atoms with Gasteiger partial charge in [0.05, 0.1) is 7.11 Å². The summed E-state index contributed by atoms with van der Waals surface area (Å²) in [5.41, 5.74) is 5.50. The average Bonchev–Trinajstić information content (AvgIpc) is 3.17. The number of hydrogen-bond donors (Lipinski definition) is 1. The van der Waals surface area contributed by atoms with Gasteiger partial charge in [-0.3, -0.25) is 4.79 Å². The van der Waals surface area contributed by atoms with Crippen LogP contribution in [0.4, 0.5) is 0 Å². The van der Waals surface area contributed by atoms with Crippen LogP contribution >= 0.6 is 0 Å². The van der Waals surface area contributed by atoms with E-state index >= 15 is 0 Å². The van der Waals surface area contributed by atoms with Crippen molar-refractivity contribution in [2.24, 2.45) is 11.7 Å². The number of ether oxygens (including phenoxy) is 1. The van der Waals surface area contributed by atoms with Gasteiger partial charge in [-0.05, 0) is 38.3 Å². The quantitative estimate of drug-likeness (QED) is 0.654. The molecule has 1 atom stereocenters. The van der Waals surface area contributed by atoms with Crippen LogP contribution in [0.5, 0.6) is 0 Å². The lowest BCUT2D eigenvalue weighted by molar-refractivity contribution is -0.148. The molecular formula is C13H26N2O2. The first-order valence-corrected chi connectivity index (χ1v) is 6.68. The van der Waals surface area contributed by atoms with Gasteiger partial charge in [0, 0.05) is 6.54 Å². The number of hydrogen-bond acceptors (Lipinski definition) is 4. The fourth-order valence-corrected chi connectivity index (χ4v) is 2.25. The Bertz CT molecular complexity index is 254. The minimum absolute atomic E-state index is 0.255. The SMILES string of the molecule is CCCCN(CC)CC(N)(C(=O)OC)C1CC1. The van der Waals surface area contributed by atoms with Crippen LogP contribution in [0.25, 0.3) is 0 Å². The summed E-state index contributed by atoms with van der Waals surface area (Å²) in [6, 6.07) is 0. The largest absolute Gasteiger partial charge is 0.468 e. The molecule has 1 aliphatic carbocycles. The van der Waals surface area contributed by atoms with Crippen LogP contribution in [0.1, 0.15) is 39.5 Å². The molecule has 0 aromatic heterocycles. The highest BCUT2D eigenvalue weighted by atomic mass is 16.5. The van der Waals surface area contributed by atoms with E-state index in [2.05, 4.69) is 18.7 Å². The molecule has 0 radical (unpaired) electrons. The highest BCUT2D eigenvalue weighted by molar-refractivity contribution is 5.81. The smallest absolute Gasteiger partial charge is 0.327 e. The van der Waals surface area contributed by atoms with Gasteiger partial charge >= 0.3 is 5.97 Å². The van der Waals surface area contributed by atoms with Crippen molar-refractivity contribution in [1.82, 2.24) is 4.90 Å². The van der Waals surface area contributed by atoms with Crippen LogP contribution < -0.4 is 5.73 Å². The van der Waals surface area contributed by atoms with E-state index < -0.39 is 5.54 Å². The van der Waals surface area contributed by atoms with E-state index in [0.717, 1.165) is 38.8 Å². The Hall–Kier alpha value is -0.610. The number of esters is 1. The average molecular weight is 242 g/mol. The number of carbonyl (C=O) groups excluding carboxylic acids is 1. The van der Waals surface area contributed by atoms with Crippen molar-refractivity contribution in [3.63, 3.8) is 0 Å². The number of carbonyl (C=O) groups is 1. The third-order valence-electron chi connectivity index (χ3n) is 3.63. The zero-order chi connectivity index (χ0) is 12.9. The maximum atomic E-state index is 11.9.